The van der Waals surface area contributed by atoms with Gasteiger partial charge in [0.25, 0.3) is 0 Å². The molecule has 6 rings (SSSR count). The third kappa shape index (κ3) is 4.95. The summed E-state index contributed by atoms with van der Waals surface area (Å²) >= 11 is 0. The molecule has 0 radical (unpaired) electrons. The second-order valence-electron chi connectivity index (χ2n) is 9.06. The monoisotopic (exact) mass is 462 g/mol. The van der Waals surface area contributed by atoms with Gasteiger partial charge in [0.1, 0.15) is 0 Å². The van der Waals surface area contributed by atoms with Crippen LogP contribution in [0.1, 0.15) is 58.6 Å². The fourth-order valence-electron chi connectivity index (χ4n) is 5.31. The number of aliphatic hydroxyl groups excluding tert-OH is 1. The van der Waals surface area contributed by atoms with Gasteiger partial charge in [0.05, 0.1) is 22.7 Å². The Kier molecular flexibility index (Phi) is 7.24. The summed E-state index contributed by atoms with van der Waals surface area (Å²) in [6.45, 7) is 4.60. The van der Waals surface area contributed by atoms with Crippen molar-refractivity contribution in [1.29, 1.82) is 0 Å². The Bertz CT molecular complexity index is 1120. The third-order valence-corrected chi connectivity index (χ3v) is 7.21. The maximum atomic E-state index is 11.1. The molecule has 34 heavy (non-hydrogen) atoms. The maximum absolute atomic E-state index is 11.1. The third-order valence-electron chi connectivity index (χ3n) is 7.21. The van der Waals surface area contributed by atoms with E-state index in [9.17, 15) is 14.7 Å². The van der Waals surface area contributed by atoms with Gasteiger partial charge >= 0.3 is 11.9 Å². The van der Waals surface area contributed by atoms with Gasteiger partial charge < -0.3 is 15.3 Å². The number of carbonyl (C=O) groups is 2. The minimum atomic E-state index is -1.06. The van der Waals surface area contributed by atoms with Crippen LogP contribution in [0.15, 0.2) is 60.8 Å². The molecule has 1 aromatic heterocycles. The van der Waals surface area contributed by atoms with E-state index in [4.69, 9.17) is 10.2 Å². The molecule has 2 aromatic carbocycles. The molecule has 7 heteroatoms. The number of para-hydroxylation sites is 1. The number of fused-ring (bicyclic) bond motifs is 4. The van der Waals surface area contributed by atoms with Gasteiger partial charge in [-0.3, -0.25) is 9.88 Å². The second-order valence-corrected chi connectivity index (χ2v) is 9.06. The predicted octanol–water partition coefficient (Wildman–Crippen LogP) is 4.47. The quantitative estimate of drug-likeness (QED) is 0.513. The summed E-state index contributed by atoms with van der Waals surface area (Å²) in [5.74, 6) is -0.506. The first-order chi connectivity index (χ1) is 16.4. The van der Waals surface area contributed by atoms with Crippen LogP contribution in [0.2, 0.25) is 0 Å². The molecule has 3 N–H and O–H groups in total. The lowest BCUT2D eigenvalue weighted by atomic mass is 9.72. The smallest absolute Gasteiger partial charge is 0.335 e. The molecule has 0 saturated carbocycles. The van der Waals surface area contributed by atoms with Crippen molar-refractivity contribution >= 4 is 22.8 Å². The molecule has 3 aliphatic rings. The number of pyridine rings is 1. The molecule has 1 unspecified atom stereocenters. The summed E-state index contributed by atoms with van der Waals surface area (Å²) in [5.41, 5.74) is 2.18. The van der Waals surface area contributed by atoms with E-state index in [1.165, 1.54) is 37.1 Å². The molecule has 7 nitrogen and oxygen atoms in total. The van der Waals surface area contributed by atoms with Crippen LogP contribution in [-0.4, -0.2) is 56.3 Å². The first-order valence-corrected chi connectivity index (χ1v) is 11.7. The van der Waals surface area contributed by atoms with E-state index in [1.54, 1.807) is 0 Å². The number of hydrogen-bond acceptors (Lipinski definition) is 5. The maximum Gasteiger partial charge on any atom is 0.335 e. The summed E-state index contributed by atoms with van der Waals surface area (Å²) in [6, 6.07) is 15.4. The Morgan fingerprint density at radius 3 is 2.24 bits per heavy atom. The highest BCUT2D eigenvalue weighted by Crippen LogP contribution is 2.42. The van der Waals surface area contributed by atoms with Crippen molar-refractivity contribution in [2.45, 2.75) is 38.3 Å². The molecule has 0 amide bonds. The number of benzene rings is 2. The summed E-state index contributed by atoms with van der Waals surface area (Å²) in [7, 11) is 0. The van der Waals surface area contributed by atoms with E-state index in [2.05, 4.69) is 22.9 Å². The van der Waals surface area contributed by atoms with E-state index >= 15 is 0 Å². The molecule has 3 saturated heterocycles. The number of piperidine rings is 3. The molecule has 3 aliphatic heterocycles. The van der Waals surface area contributed by atoms with E-state index in [0.717, 1.165) is 47.8 Å². The van der Waals surface area contributed by atoms with E-state index in [0.29, 0.717) is 0 Å². The van der Waals surface area contributed by atoms with Gasteiger partial charge in [0.15, 0.2) is 0 Å². The first-order valence-electron chi connectivity index (χ1n) is 11.7. The zero-order valence-corrected chi connectivity index (χ0v) is 19.2. The van der Waals surface area contributed by atoms with Crippen molar-refractivity contribution in [2.75, 3.05) is 13.1 Å². The highest BCUT2D eigenvalue weighted by Gasteiger charge is 2.42. The number of hydrogen-bond donors (Lipinski definition) is 3. The lowest BCUT2D eigenvalue weighted by molar-refractivity contribution is -0.0562. The van der Waals surface area contributed by atoms with Crippen LogP contribution in [0.5, 0.6) is 0 Å². The fourth-order valence-corrected chi connectivity index (χ4v) is 5.31. The summed E-state index contributed by atoms with van der Waals surface area (Å²) in [6.07, 6.45) is 5.12. The van der Waals surface area contributed by atoms with Gasteiger partial charge in [0.2, 0.25) is 0 Å². The molecule has 2 bridgehead atoms. The summed E-state index contributed by atoms with van der Waals surface area (Å²) in [5, 5.41) is 29.1. The van der Waals surface area contributed by atoms with Crippen LogP contribution < -0.4 is 0 Å². The van der Waals surface area contributed by atoms with Gasteiger partial charge in [-0.1, -0.05) is 31.5 Å². The van der Waals surface area contributed by atoms with Crippen LogP contribution in [0.4, 0.5) is 0 Å². The first kappa shape index (κ1) is 23.9. The van der Waals surface area contributed by atoms with Crippen molar-refractivity contribution in [3.8, 4) is 0 Å². The topological polar surface area (TPSA) is 111 Å². The molecule has 178 valence electrons. The van der Waals surface area contributed by atoms with Crippen LogP contribution in [0.25, 0.3) is 10.9 Å². The van der Waals surface area contributed by atoms with Crippen LogP contribution in [-0.2, 0) is 0 Å². The number of aromatic carboxylic acids is 2. The van der Waals surface area contributed by atoms with Gasteiger partial charge in [0, 0.05) is 24.2 Å². The second kappa shape index (κ2) is 10.3. The Labute approximate surface area is 198 Å². The minimum Gasteiger partial charge on any atom is -0.478 e. The SMILES string of the molecule is CC[C@H]1CN2CC[C@H]1C[C@H]2[C@H](O)c1ccnc2ccccc12.O=C(O)c1ccc(C(=O)O)cc1. The number of nitrogens with zero attached hydrogens (tertiary/aromatic N) is 2. The highest BCUT2D eigenvalue weighted by molar-refractivity contribution is 5.91. The molecule has 3 fully saturated rings. The van der Waals surface area contributed by atoms with Crippen molar-refractivity contribution < 1.29 is 24.9 Å². The number of carboxylic acid groups (broad SMARTS) is 2. The Balaban J connectivity index is 0.000000195. The Morgan fingerprint density at radius 1 is 1.03 bits per heavy atom. The summed E-state index contributed by atoms with van der Waals surface area (Å²) in [4.78, 5) is 27.6. The Morgan fingerprint density at radius 2 is 1.68 bits per heavy atom. The zero-order valence-electron chi connectivity index (χ0n) is 19.2. The molecule has 3 aromatic rings. The van der Waals surface area contributed by atoms with Crippen molar-refractivity contribution in [3.63, 3.8) is 0 Å². The van der Waals surface area contributed by atoms with E-state index in [-0.39, 0.29) is 17.2 Å². The largest absolute Gasteiger partial charge is 0.478 e. The molecule has 0 aliphatic carbocycles. The van der Waals surface area contributed by atoms with Crippen LogP contribution >= 0.6 is 0 Å². The molecular formula is C27H30N2O5. The van der Waals surface area contributed by atoms with Crippen molar-refractivity contribution in [1.82, 2.24) is 9.88 Å². The predicted molar refractivity (Wildman–Crippen MR) is 129 cm³/mol. The van der Waals surface area contributed by atoms with Crippen LogP contribution in [0.3, 0.4) is 0 Å². The van der Waals surface area contributed by atoms with Gasteiger partial charge in [-0.15, -0.1) is 0 Å². The Hall–Kier alpha value is -3.29. The van der Waals surface area contributed by atoms with E-state index < -0.39 is 18.0 Å². The van der Waals surface area contributed by atoms with Crippen molar-refractivity contribution in [3.05, 3.63) is 77.5 Å². The molecule has 4 heterocycles. The zero-order chi connectivity index (χ0) is 24.2. The molecular weight excluding hydrogens is 432 g/mol. The average Bonchev–Trinajstić information content (AvgIpc) is 2.88. The molecule has 0 spiro atoms. The fraction of sp³-hybridized carbons (Fsp3) is 0.370. The number of carboxylic acids is 2. The molecule has 5 atom stereocenters. The number of rotatable bonds is 5. The van der Waals surface area contributed by atoms with Crippen LogP contribution in [0, 0.1) is 11.8 Å². The normalized spacial score (nSPS) is 24.2. The standard InChI is InChI=1S/C19H24N2O.C8H6O4/c1-2-13-12-21-10-8-14(13)11-18(21)19(22)16-7-9-20-17-6-4-3-5-15(16)17;9-7(10)5-1-2-6(4-3-5)8(11)12/h3-7,9,13-14,18-19,22H,2,8,10-12H2,1H3;1-4H,(H,9,10)(H,11,12)/t13-,14-,18-,19+;/m0./s1. The van der Waals surface area contributed by atoms with Gasteiger partial charge in [-0.25, -0.2) is 9.59 Å². The average molecular weight is 463 g/mol. The lowest BCUT2D eigenvalue weighted by Crippen LogP contribution is -2.55. The van der Waals surface area contributed by atoms with Crippen molar-refractivity contribution in [2.24, 2.45) is 11.8 Å². The number of aliphatic hydroxyl groups is 1. The number of aromatic nitrogens is 1. The minimum absolute atomic E-state index is 0.0833. The highest BCUT2D eigenvalue weighted by atomic mass is 16.4. The van der Waals surface area contributed by atoms with Gasteiger partial charge in [-0.2, -0.15) is 0 Å². The van der Waals surface area contributed by atoms with E-state index in [1.807, 2.05) is 30.5 Å². The lowest BCUT2D eigenvalue weighted by Gasteiger charge is -2.51. The summed E-state index contributed by atoms with van der Waals surface area (Å²) < 4.78 is 0. The van der Waals surface area contributed by atoms with Gasteiger partial charge in [-0.05, 0) is 73.2 Å².